The van der Waals surface area contributed by atoms with E-state index >= 15 is 0 Å². The van der Waals surface area contributed by atoms with Crippen LogP contribution >= 0.6 is 38.5 Å². The summed E-state index contributed by atoms with van der Waals surface area (Å²) in [6.07, 6.45) is 1.79. The maximum atomic E-state index is 4.55. The Bertz CT molecular complexity index is 736. The molecule has 0 atom stereocenters. The second-order valence-electron chi connectivity index (χ2n) is 4.04. The van der Waals surface area contributed by atoms with E-state index in [0.717, 1.165) is 36.2 Å². The highest BCUT2D eigenvalue weighted by Gasteiger charge is 2.10. The first-order valence-corrected chi connectivity index (χ1v) is 7.29. The Balaban J connectivity index is 2.26. The van der Waals surface area contributed by atoms with E-state index in [4.69, 9.17) is 0 Å². The minimum Gasteiger partial charge on any atom is -0.336 e. The van der Waals surface area contributed by atoms with Gasteiger partial charge in [0.15, 0.2) is 5.65 Å². The van der Waals surface area contributed by atoms with Crippen molar-refractivity contribution in [2.45, 2.75) is 6.92 Å². The zero-order chi connectivity index (χ0) is 12.7. The van der Waals surface area contributed by atoms with Gasteiger partial charge >= 0.3 is 0 Å². The number of halogens is 2. The number of fused-ring (bicyclic) bond motifs is 1. The number of H-pyrrole nitrogens is 1. The second-order valence-corrected chi connectivity index (χ2v) is 6.11. The summed E-state index contributed by atoms with van der Waals surface area (Å²) < 4.78 is 2.20. The lowest BCUT2D eigenvalue weighted by Gasteiger charge is -2.01. The molecular formula is C13H9BrIN3. The Hall–Kier alpha value is -0.950. The summed E-state index contributed by atoms with van der Waals surface area (Å²) >= 11 is 5.80. The largest absolute Gasteiger partial charge is 0.336 e. The number of nitrogens with one attached hydrogen (secondary N) is 1. The summed E-state index contributed by atoms with van der Waals surface area (Å²) in [5.41, 5.74) is 4.01. The highest BCUT2D eigenvalue weighted by Crippen LogP contribution is 2.28. The molecule has 3 aromatic rings. The van der Waals surface area contributed by atoms with E-state index in [9.17, 15) is 0 Å². The average Bonchev–Trinajstić information content (AvgIpc) is 2.77. The third-order valence-electron chi connectivity index (χ3n) is 2.78. The summed E-state index contributed by atoms with van der Waals surface area (Å²) in [6, 6.07) is 8.13. The van der Waals surface area contributed by atoms with Gasteiger partial charge in [0.1, 0.15) is 5.82 Å². The zero-order valence-corrected chi connectivity index (χ0v) is 13.3. The second kappa shape index (κ2) is 4.62. The molecule has 0 saturated heterocycles. The van der Waals surface area contributed by atoms with Crippen molar-refractivity contribution >= 4 is 49.7 Å². The topological polar surface area (TPSA) is 41.6 Å². The highest BCUT2D eigenvalue weighted by atomic mass is 127. The monoisotopic (exact) mass is 413 g/mol. The van der Waals surface area contributed by atoms with Crippen LogP contribution in [0, 0.1) is 10.5 Å². The molecule has 0 aliphatic heterocycles. The number of rotatable bonds is 1. The van der Waals surface area contributed by atoms with Gasteiger partial charge in [0.25, 0.3) is 0 Å². The van der Waals surface area contributed by atoms with Crippen LogP contribution in [0.1, 0.15) is 5.56 Å². The first kappa shape index (κ1) is 12.1. The van der Waals surface area contributed by atoms with E-state index < -0.39 is 0 Å². The Morgan fingerprint density at radius 3 is 2.89 bits per heavy atom. The van der Waals surface area contributed by atoms with E-state index in [-0.39, 0.29) is 0 Å². The Morgan fingerprint density at radius 2 is 2.11 bits per heavy atom. The van der Waals surface area contributed by atoms with Crippen molar-refractivity contribution in [3.05, 3.63) is 44.1 Å². The third kappa shape index (κ3) is 2.05. The van der Waals surface area contributed by atoms with Gasteiger partial charge in [0.05, 0.1) is 5.52 Å². The highest BCUT2D eigenvalue weighted by molar-refractivity contribution is 14.1. The van der Waals surface area contributed by atoms with Gasteiger partial charge in [-0.05, 0) is 59.3 Å². The molecule has 0 amide bonds. The average molecular weight is 414 g/mol. The molecule has 0 fully saturated rings. The lowest BCUT2D eigenvalue weighted by atomic mass is 10.2. The summed E-state index contributed by atoms with van der Waals surface area (Å²) in [4.78, 5) is 12.2. The van der Waals surface area contributed by atoms with Gasteiger partial charge in [0.2, 0.25) is 0 Å². The lowest BCUT2D eigenvalue weighted by molar-refractivity contribution is 1.29. The minimum absolute atomic E-state index is 0.765. The van der Waals surface area contributed by atoms with E-state index in [2.05, 4.69) is 72.5 Å². The number of imidazole rings is 1. The van der Waals surface area contributed by atoms with Crippen LogP contribution in [0.25, 0.3) is 22.6 Å². The van der Waals surface area contributed by atoms with Gasteiger partial charge in [0, 0.05) is 19.8 Å². The van der Waals surface area contributed by atoms with Gasteiger partial charge in [-0.1, -0.05) is 15.9 Å². The molecule has 5 heteroatoms. The fourth-order valence-electron chi connectivity index (χ4n) is 1.84. The molecule has 0 aliphatic carbocycles. The van der Waals surface area contributed by atoms with Gasteiger partial charge in [-0.15, -0.1) is 0 Å². The van der Waals surface area contributed by atoms with Gasteiger partial charge in [-0.25, -0.2) is 9.97 Å². The molecule has 3 nitrogen and oxygen atoms in total. The van der Waals surface area contributed by atoms with Gasteiger partial charge in [-0.3, -0.25) is 0 Å². The maximum absolute atomic E-state index is 4.55. The molecule has 90 valence electrons. The summed E-state index contributed by atoms with van der Waals surface area (Å²) in [7, 11) is 0. The maximum Gasteiger partial charge on any atom is 0.178 e. The Labute approximate surface area is 126 Å². The van der Waals surface area contributed by atoms with Crippen LogP contribution in [-0.4, -0.2) is 15.0 Å². The summed E-state index contributed by atoms with van der Waals surface area (Å²) in [5.74, 6) is 0.859. The van der Waals surface area contributed by atoms with Crippen LogP contribution in [0.2, 0.25) is 0 Å². The molecule has 2 aromatic heterocycles. The molecule has 3 rings (SSSR count). The molecule has 0 saturated carbocycles. The molecule has 1 aromatic carbocycles. The Kier molecular flexibility index (Phi) is 3.11. The number of hydrogen-bond acceptors (Lipinski definition) is 2. The van der Waals surface area contributed by atoms with Crippen molar-refractivity contribution in [1.82, 2.24) is 15.0 Å². The number of aryl methyl sites for hydroxylation is 1. The van der Waals surface area contributed by atoms with Crippen LogP contribution < -0.4 is 0 Å². The quantitative estimate of drug-likeness (QED) is 0.604. The number of pyridine rings is 1. The number of nitrogens with zero attached hydrogens (tertiary/aromatic N) is 2. The SMILES string of the molecule is Cc1ccnc2nc(-c3cc(Br)ccc3I)[nH]c12. The molecule has 18 heavy (non-hydrogen) atoms. The fraction of sp³-hybridized carbons (Fsp3) is 0.0769. The van der Waals surface area contributed by atoms with Crippen molar-refractivity contribution in [1.29, 1.82) is 0 Å². The van der Waals surface area contributed by atoms with Crippen molar-refractivity contribution in [2.24, 2.45) is 0 Å². The van der Waals surface area contributed by atoms with E-state index in [1.54, 1.807) is 6.20 Å². The predicted octanol–water partition coefficient (Wildman–Crippen LogP) is 4.30. The molecule has 2 heterocycles. The first-order chi connectivity index (χ1) is 8.65. The van der Waals surface area contributed by atoms with E-state index in [1.807, 2.05) is 12.1 Å². The van der Waals surface area contributed by atoms with Crippen LogP contribution in [0.4, 0.5) is 0 Å². The van der Waals surface area contributed by atoms with Crippen LogP contribution in [0.5, 0.6) is 0 Å². The molecule has 0 unspecified atom stereocenters. The molecule has 0 radical (unpaired) electrons. The minimum atomic E-state index is 0.765. The fourth-order valence-corrected chi connectivity index (χ4v) is 2.79. The number of hydrogen-bond donors (Lipinski definition) is 1. The molecule has 0 aliphatic rings. The normalized spacial score (nSPS) is 11.1. The van der Waals surface area contributed by atoms with Crippen LogP contribution in [0.3, 0.4) is 0 Å². The van der Waals surface area contributed by atoms with Gasteiger partial charge < -0.3 is 4.98 Å². The number of aromatic amines is 1. The van der Waals surface area contributed by atoms with Crippen molar-refractivity contribution in [3.63, 3.8) is 0 Å². The van der Waals surface area contributed by atoms with Gasteiger partial charge in [-0.2, -0.15) is 0 Å². The van der Waals surface area contributed by atoms with Crippen LogP contribution in [-0.2, 0) is 0 Å². The third-order valence-corrected chi connectivity index (χ3v) is 4.22. The predicted molar refractivity (Wildman–Crippen MR) is 84.5 cm³/mol. The molecule has 1 N–H and O–H groups in total. The molecular weight excluding hydrogens is 405 g/mol. The van der Waals surface area contributed by atoms with E-state index in [0.29, 0.717) is 0 Å². The lowest BCUT2D eigenvalue weighted by Crippen LogP contribution is -1.85. The molecule has 0 spiro atoms. The Morgan fingerprint density at radius 1 is 1.28 bits per heavy atom. The van der Waals surface area contributed by atoms with Crippen molar-refractivity contribution in [2.75, 3.05) is 0 Å². The summed E-state index contributed by atoms with van der Waals surface area (Å²) in [6.45, 7) is 2.05. The number of benzene rings is 1. The van der Waals surface area contributed by atoms with Crippen molar-refractivity contribution < 1.29 is 0 Å². The van der Waals surface area contributed by atoms with Crippen LogP contribution in [0.15, 0.2) is 34.9 Å². The van der Waals surface area contributed by atoms with Crippen molar-refractivity contribution in [3.8, 4) is 11.4 Å². The molecule has 0 bridgehead atoms. The zero-order valence-electron chi connectivity index (χ0n) is 9.54. The summed E-state index contributed by atoms with van der Waals surface area (Å²) in [5, 5.41) is 0. The smallest absolute Gasteiger partial charge is 0.178 e. The number of aromatic nitrogens is 3. The van der Waals surface area contributed by atoms with E-state index in [1.165, 1.54) is 0 Å². The first-order valence-electron chi connectivity index (χ1n) is 5.42. The standard InChI is InChI=1S/C13H9BrIN3/c1-7-4-5-16-13-11(7)17-12(18-13)9-6-8(14)2-3-10(9)15/h2-6H,1H3,(H,16,17,18).